The van der Waals surface area contributed by atoms with Gasteiger partial charge in [-0.2, -0.15) is 0 Å². The summed E-state index contributed by atoms with van der Waals surface area (Å²) in [5.41, 5.74) is 0.724. The van der Waals surface area contributed by atoms with E-state index in [2.05, 4.69) is 4.72 Å². The molecule has 0 heterocycles. The maximum atomic E-state index is 13.1. The number of nitrogens with one attached hydrogen (secondary N) is 1. The van der Waals surface area contributed by atoms with Crippen molar-refractivity contribution in [3.05, 3.63) is 65.5 Å². The average molecular weight is 367 g/mol. The van der Waals surface area contributed by atoms with Gasteiger partial charge in [0.2, 0.25) is 10.0 Å². The van der Waals surface area contributed by atoms with Crippen molar-refractivity contribution in [1.29, 1.82) is 0 Å². The topological polar surface area (TPSA) is 81.7 Å². The molecule has 25 heavy (non-hydrogen) atoms. The molecule has 0 amide bonds. The first kappa shape index (κ1) is 19.0. The van der Waals surface area contributed by atoms with Gasteiger partial charge in [0.15, 0.2) is 0 Å². The zero-order valence-corrected chi connectivity index (χ0v) is 14.4. The molecule has 6 nitrogen and oxygen atoms in total. The summed E-state index contributed by atoms with van der Waals surface area (Å²) in [6.45, 7) is 0.329. The van der Waals surface area contributed by atoms with Gasteiger partial charge >= 0.3 is 5.97 Å². The first-order valence-electron chi connectivity index (χ1n) is 7.42. The largest absolute Gasteiger partial charge is 0.457 e. The van der Waals surface area contributed by atoms with Crippen LogP contribution in [-0.4, -0.2) is 34.6 Å². The molecule has 0 aliphatic heterocycles. The molecule has 0 atom stereocenters. The van der Waals surface area contributed by atoms with Crippen LogP contribution in [0.2, 0.25) is 0 Å². The quantitative estimate of drug-likeness (QED) is 0.571. The van der Waals surface area contributed by atoms with Crippen LogP contribution >= 0.6 is 0 Å². The van der Waals surface area contributed by atoms with E-state index in [1.807, 2.05) is 0 Å². The SMILES string of the molecule is COCCNS(=O)(=O)c1ccc(C(=O)OCc2cccc(F)c2)cc1. The van der Waals surface area contributed by atoms with Crippen LogP contribution in [0.3, 0.4) is 0 Å². The Morgan fingerprint density at radius 1 is 1.16 bits per heavy atom. The Balaban J connectivity index is 1.98. The lowest BCUT2D eigenvalue weighted by molar-refractivity contribution is 0.0472. The number of hydrogen-bond donors (Lipinski definition) is 1. The Kier molecular flexibility index (Phi) is 6.63. The number of sulfonamides is 1. The van der Waals surface area contributed by atoms with Gasteiger partial charge in [-0.15, -0.1) is 0 Å². The highest BCUT2D eigenvalue weighted by Crippen LogP contribution is 2.12. The molecule has 0 bridgehead atoms. The van der Waals surface area contributed by atoms with E-state index in [0.29, 0.717) is 5.56 Å². The van der Waals surface area contributed by atoms with Crippen LogP contribution in [-0.2, 0) is 26.1 Å². The van der Waals surface area contributed by atoms with Gasteiger partial charge in [-0.1, -0.05) is 12.1 Å². The third-order valence-electron chi connectivity index (χ3n) is 3.26. The lowest BCUT2D eigenvalue weighted by Gasteiger charge is -2.08. The van der Waals surface area contributed by atoms with E-state index in [0.717, 1.165) is 0 Å². The Morgan fingerprint density at radius 3 is 2.52 bits per heavy atom. The first-order valence-corrected chi connectivity index (χ1v) is 8.91. The third kappa shape index (κ3) is 5.63. The lowest BCUT2D eigenvalue weighted by Crippen LogP contribution is -2.27. The number of hydrogen-bond acceptors (Lipinski definition) is 5. The summed E-state index contributed by atoms with van der Waals surface area (Å²) in [4.78, 5) is 12.0. The summed E-state index contributed by atoms with van der Waals surface area (Å²) in [7, 11) is -2.19. The molecule has 0 fully saturated rings. The van der Waals surface area contributed by atoms with Gasteiger partial charge in [0, 0.05) is 13.7 Å². The van der Waals surface area contributed by atoms with E-state index in [9.17, 15) is 17.6 Å². The fraction of sp³-hybridized carbons (Fsp3) is 0.235. The molecule has 1 N–H and O–H groups in total. The molecule has 0 saturated carbocycles. The minimum Gasteiger partial charge on any atom is -0.457 e. The van der Waals surface area contributed by atoms with Crippen LogP contribution < -0.4 is 4.72 Å². The summed E-state index contributed by atoms with van der Waals surface area (Å²) < 4.78 is 49.3. The van der Waals surface area contributed by atoms with Gasteiger partial charge in [-0.25, -0.2) is 22.3 Å². The van der Waals surface area contributed by atoms with Crippen molar-refractivity contribution in [3.8, 4) is 0 Å². The van der Waals surface area contributed by atoms with Gasteiger partial charge in [-0.05, 0) is 42.0 Å². The molecule has 0 radical (unpaired) electrons. The van der Waals surface area contributed by atoms with Gasteiger partial charge in [0.05, 0.1) is 17.1 Å². The molecule has 0 aliphatic carbocycles. The van der Waals surface area contributed by atoms with Crippen molar-refractivity contribution in [2.45, 2.75) is 11.5 Å². The molecule has 0 aliphatic rings. The Bertz CT molecular complexity index is 821. The van der Waals surface area contributed by atoms with Crippen LogP contribution in [0.1, 0.15) is 15.9 Å². The highest BCUT2D eigenvalue weighted by molar-refractivity contribution is 7.89. The van der Waals surface area contributed by atoms with Crippen molar-refractivity contribution in [1.82, 2.24) is 4.72 Å². The van der Waals surface area contributed by atoms with Crippen molar-refractivity contribution < 1.29 is 27.1 Å². The minimum absolute atomic E-state index is 0.0327. The number of benzene rings is 2. The average Bonchev–Trinajstić information content (AvgIpc) is 2.60. The maximum absolute atomic E-state index is 13.1. The number of halogens is 1. The summed E-state index contributed by atoms with van der Waals surface area (Å²) in [5, 5.41) is 0. The molecule has 8 heteroatoms. The van der Waals surface area contributed by atoms with E-state index < -0.39 is 21.8 Å². The molecule has 134 valence electrons. The molecule has 0 unspecified atom stereocenters. The number of esters is 1. The van der Waals surface area contributed by atoms with Crippen LogP contribution in [0, 0.1) is 5.82 Å². The fourth-order valence-corrected chi connectivity index (χ4v) is 3.00. The van der Waals surface area contributed by atoms with Crippen LogP contribution in [0.25, 0.3) is 0 Å². The molecule has 0 spiro atoms. The number of rotatable bonds is 8. The van der Waals surface area contributed by atoms with E-state index in [-0.39, 0.29) is 30.2 Å². The summed E-state index contributed by atoms with van der Waals surface area (Å²) in [6.07, 6.45) is 0. The Labute approximate surface area is 145 Å². The molecule has 2 aromatic carbocycles. The first-order chi connectivity index (χ1) is 11.9. The molecule has 2 aromatic rings. The fourth-order valence-electron chi connectivity index (χ4n) is 1.99. The van der Waals surface area contributed by atoms with Gasteiger partial charge in [0.25, 0.3) is 0 Å². The molecule has 0 aromatic heterocycles. The second kappa shape index (κ2) is 8.70. The maximum Gasteiger partial charge on any atom is 0.338 e. The molecular weight excluding hydrogens is 349 g/mol. The summed E-state index contributed by atoms with van der Waals surface area (Å²) in [6, 6.07) is 11.1. The third-order valence-corrected chi connectivity index (χ3v) is 4.73. The summed E-state index contributed by atoms with van der Waals surface area (Å²) in [5.74, 6) is -1.04. The second-order valence-corrected chi connectivity index (χ2v) is 6.89. The van der Waals surface area contributed by atoms with Crippen molar-refractivity contribution >= 4 is 16.0 Å². The predicted molar refractivity (Wildman–Crippen MR) is 89.0 cm³/mol. The smallest absolute Gasteiger partial charge is 0.338 e. The highest BCUT2D eigenvalue weighted by atomic mass is 32.2. The zero-order valence-electron chi connectivity index (χ0n) is 13.6. The molecule has 0 saturated heterocycles. The monoisotopic (exact) mass is 367 g/mol. The standard InChI is InChI=1S/C17H18FNO5S/c1-23-10-9-19-25(21,22)16-7-5-14(6-8-16)17(20)24-12-13-3-2-4-15(18)11-13/h2-8,11,19H,9-10,12H2,1H3. The molecule has 2 rings (SSSR count). The van der Waals surface area contributed by atoms with Crippen LogP contribution in [0.5, 0.6) is 0 Å². The predicted octanol–water partition coefficient (Wildman–Crippen LogP) is 2.11. The number of carbonyl (C=O) groups is 1. The molecular formula is C17H18FNO5S. The van der Waals surface area contributed by atoms with Gasteiger partial charge in [-0.3, -0.25) is 0 Å². The number of ether oxygens (including phenoxy) is 2. The van der Waals surface area contributed by atoms with E-state index in [1.165, 1.54) is 49.6 Å². The minimum atomic E-state index is -3.66. The van der Waals surface area contributed by atoms with Gasteiger partial charge in [0.1, 0.15) is 12.4 Å². The van der Waals surface area contributed by atoms with E-state index >= 15 is 0 Å². The zero-order chi connectivity index (χ0) is 18.3. The highest BCUT2D eigenvalue weighted by Gasteiger charge is 2.15. The van der Waals surface area contributed by atoms with E-state index in [1.54, 1.807) is 6.07 Å². The van der Waals surface area contributed by atoms with Crippen molar-refractivity contribution in [3.63, 3.8) is 0 Å². The number of methoxy groups -OCH3 is 1. The Hall–Kier alpha value is -2.29. The Morgan fingerprint density at radius 2 is 1.88 bits per heavy atom. The second-order valence-electron chi connectivity index (χ2n) is 5.12. The lowest BCUT2D eigenvalue weighted by atomic mass is 10.2. The van der Waals surface area contributed by atoms with Crippen molar-refractivity contribution in [2.75, 3.05) is 20.3 Å². The summed E-state index contributed by atoms with van der Waals surface area (Å²) >= 11 is 0. The van der Waals surface area contributed by atoms with Crippen molar-refractivity contribution in [2.24, 2.45) is 0 Å². The van der Waals surface area contributed by atoms with E-state index in [4.69, 9.17) is 9.47 Å². The van der Waals surface area contributed by atoms with Crippen LogP contribution in [0.15, 0.2) is 53.4 Å². The van der Waals surface area contributed by atoms with Gasteiger partial charge < -0.3 is 9.47 Å². The normalized spacial score (nSPS) is 11.3. The number of carbonyl (C=O) groups excluding carboxylic acids is 1. The van der Waals surface area contributed by atoms with Crippen LogP contribution in [0.4, 0.5) is 4.39 Å².